The van der Waals surface area contributed by atoms with E-state index >= 15 is 0 Å². The molecule has 12 nitrogen and oxygen atoms in total. The molecular weight excluding hydrogens is 680 g/mol. The Hall–Kier alpha value is -5.13. The highest BCUT2D eigenvalue weighted by molar-refractivity contribution is 6.43. The van der Waals surface area contributed by atoms with Gasteiger partial charge in [-0.05, 0) is 105 Å². The lowest BCUT2D eigenvalue weighted by Gasteiger charge is -2.41. The van der Waals surface area contributed by atoms with E-state index in [2.05, 4.69) is 12.1 Å². The molecule has 2 fully saturated rings. The maximum absolute atomic E-state index is 14.0. The first-order valence-corrected chi connectivity index (χ1v) is 18.1. The summed E-state index contributed by atoms with van der Waals surface area (Å²) < 4.78 is 38.0. The van der Waals surface area contributed by atoms with Crippen LogP contribution in [0.5, 0.6) is 40.2 Å². The van der Waals surface area contributed by atoms with Gasteiger partial charge >= 0.3 is 0 Å². The summed E-state index contributed by atoms with van der Waals surface area (Å²) in [5, 5.41) is 0. The number of piperazine rings is 1. The van der Waals surface area contributed by atoms with E-state index in [-0.39, 0.29) is 34.9 Å². The third-order valence-electron chi connectivity index (χ3n) is 10.4. The van der Waals surface area contributed by atoms with E-state index in [9.17, 15) is 14.4 Å². The zero-order valence-corrected chi connectivity index (χ0v) is 31.9. The van der Waals surface area contributed by atoms with Crippen LogP contribution in [-0.2, 0) is 22.4 Å². The normalized spacial score (nSPS) is 16.4. The minimum atomic E-state index is -0.717. The Morgan fingerprint density at radius 3 is 1.64 bits per heavy atom. The van der Waals surface area contributed by atoms with Crippen LogP contribution in [0.15, 0.2) is 48.5 Å². The van der Waals surface area contributed by atoms with Crippen molar-refractivity contribution in [3.63, 3.8) is 0 Å². The number of amides is 2. The van der Waals surface area contributed by atoms with Crippen molar-refractivity contribution in [3.8, 4) is 40.2 Å². The van der Waals surface area contributed by atoms with Crippen molar-refractivity contribution in [1.82, 2.24) is 9.80 Å². The van der Waals surface area contributed by atoms with Crippen molar-refractivity contribution in [3.05, 3.63) is 65.2 Å². The first-order valence-electron chi connectivity index (χ1n) is 18.1. The number of carbonyl (C=O) groups excluding carboxylic acids is 3. The summed E-state index contributed by atoms with van der Waals surface area (Å²) in [6.45, 7) is 0.984. The fourth-order valence-electron chi connectivity index (χ4n) is 7.69. The van der Waals surface area contributed by atoms with E-state index in [4.69, 9.17) is 33.2 Å². The second-order valence-corrected chi connectivity index (χ2v) is 13.5. The van der Waals surface area contributed by atoms with Crippen LogP contribution in [0.2, 0.25) is 0 Å². The molecule has 2 saturated heterocycles. The third kappa shape index (κ3) is 8.75. The minimum Gasteiger partial charge on any atom is -0.493 e. The smallest absolute Gasteiger partial charge is 0.295 e. The molecule has 3 aromatic carbocycles. The lowest BCUT2D eigenvalue weighted by atomic mass is 9.92. The SMILES string of the molecule is COc1ccc(CCCC(CCCc2ccc(OC)c(OC)c2)CN2C[C@H]3CC[C@@H](C2=O)N3C(=O)C(=O)c2cc(OC)c(OC)c(OC)c2)cc1OC. The number of methoxy groups -OCH3 is 7. The number of ketones is 1. The largest absolute Gasteiger partial charge is 0.493 e. The monoisotopic (exact) mass is 732 g/mol. The zero-order valence-electron chi connectivity index (χ0n) is 31.9. The highest BCUT2D eigenvalue weighted by atomic mass is 16.5. The molecule has 0 radical (unpaired) electrons. The first-order chi connectivity index (χ1) is 25.7. The van der Waals surface area contributed by atoms with Crippen molar-refractivity contribution in [1.29, 1.82) is 0 Å². The van der Waals surface area contributed by atoms with Gasteiger partial charge < -0.3 is 43.0 Å². The van der Waals surface area contributed by atoms with Gasteiger partial charge in [0, 0.05) is 18.7 Å². The Labute approximate surface area is 312 Å². The maximum atomic E-state index is 14.0. The number of hydrogen-bond acceptors (Lipinski definition) is 10. The number of Topliss-reactive ketones (excluding diaryl/α,β-unsaturated/α-hetero) is 1. The van der Waals surface area contributed by atoms with E-state index in [0.717, 1.165) is 49.7 Å². The van der Waals surface area contributed by atoms with Crippen LogP contribution in [0.4, 0.5) is 0 Å². The quantitative estimate of drug-likeness (QED) is 0.111. The van der Waals surface area contributed by atoms with Crippen molar-refractivity contribution in [2.45, 2.75) is 63.5 Å². The van der Waals surface area contributed by atoms with Gasteiger partial charge in [-0.3, -0.25) is 14.4 Å². The molecule has 2 heterocycles. The molecule has 286 valence electrons. The molecule has 0 unspecified atom stereocenters. The number of fused-ring (bicyclic) bond motifs is 2. The van der Waals surface area contributed by atoms with Crippen LogP contribution in [-0.4, -0.2) is 102 Å². The third-order valence-corrected chi connectivity index (χ3v) is 10.4. The fourth-order valence-corrected chi connectivity index (χ4v) is 7.69. The van der Waals surface area contributed by atoms with E-state index in [0.29, 0.717) is 54.7 Å². The second-order valence-electron chi connectivity index (χ2n) is 13.5. The molecule has 0 aromatic heterocycles. The average Bonchev–Trinajstić information content (AvgIpc) is 3.54. The molecule has 2 amide bonds. The Morgan fingerprint density at radius 2 is 1.17 bits per heavy atom. The first kappa shape index (κ1) is 39.1. The number of aryl methyl sites for hydroxylation is 2. The van der Waals surface area contributed by atoms with Gasteiger partial charge in [-0.15, -0.1) is 0 Å². The Balaban J connectivity index is 1.28. The molecule has 5 rings (SSSR count). The van der Waals surface area contributed by atoms with Crippen LogP contribution >= 0.6 is 0 Å². The molecule has 0 aliphatic carbocycles. The number of ether oxygens (including phenoxy) is 7. The second kappa shape index (κ2) is 18.1. The Kier molecular flexibility index (Phi) is 13.3. The van der Waals surface area contributed by atoms with Gasteiger partial charge in [-0.2, -0.15) is 0 Å². The van der Waals surface area contributed by atoms with Crippen LogP contribution < -0.4 is 33.2 Å². The Bertz CT molecular complexity index is 1670. The summed E-state index contributed by atoms with van der Waals surface area (Å²) in [5.74, 6) is 2.39. The molecule has 53 heavy (non-hydrogen) atoms. The van der Waals surface area contributed by atoms with E-state index in [1.807, 2.05) is 29.2 Å². The van der Waals surface area contributed by atoms with Gasteiger partial charge in [0.1, 0.15) is 6.04 Å². The average molecular weight is 733 g/mol. The number of likely N-dealkylation sites (tertiary alicyclic amines) is 1. The summed E-state index contributed by atoms with van der Waals surface area (Å²) >= 11 is 0. The van der Waals surface area contributed by atoms with Crippen LogP contribution in [0, 0.1) is 5.92 Å². The van der Waals surface area contributed by atoms with Crippen molar-refractivity contribution in [2.24, 2.45) is 5.92 Å². The van der Waals surface area contributed by atoms with E-state index in [1.54, 1.807) is 28.4 Å². The summed E-state index contributed by atoms with van der Waals surface area (Å²) in [7, 11) is 10.9. The van der Waals surface area contributed by atoms with Gasteiger partial charge in [0.05, 0.1) is 55.8 Å². The van der Waals surface area contributed by atoms with Gasteiger partial charge in [0.15, 0.2) is 34.5 Å². The topological polar surface area (TPSA) is 122 Å². The number of nitrogens with zero attached hydrogens (tertiary/aromatic N) is 2. The molecule has 2 bridgehead atoms. The van der Waals surface area contributed by atoms with Crippen molar-refractivity contribution in [2.75, 3.05) is 62.9 Å². The number of hydrogen-bond donors (Lipinski definition) is 0. The zero-order chi connectivity index (χ0) is 38.1. The van der Waals surface area contributed by atoms with Crippen LogP contribution in [0.25, 0.3) is 0 Å². The summed E-state index contributed by atoms with van der Waals surface area (Å²) in [4.78, 5) is 44.8. The molecule has 2 aliphatic heterocycles. The number of rotatable bonds is 19. The standard InChI is InChI=1S/C41H52N2O10/c1-47-32-18-14-26(20-34(32)49-3)10-8-12-28(13-9-11-27-15-19-33(48-2)35(21-27)50-4)24-42-25-30-16-17-31(40(42)45)43(30)41(46)38(44)29-22-36(51-5)39(53-7)37(23-29)52-6/h14-15,18-23,28,30-31H,8-13,16-17,24-25H2,1-7H3/t30-,31+/m1/s1. The summed E-state index contributed by atoms with van der Waals surface area (Å²) in [5.41, 5.74) is 2.43. The lowest BCUT2D eigenvalue weighted by molar-refractivity contribution is -0.149. The lowest BCUT2D eigenvalue weighted by Crippen LogP contribution is -2.60. The van der Waals surface area contributed by atoms with E-state index in [1.165, 1.54) is 38.4 Å². The number of benzene rings is 3. The molecule has 0 spiro atoms. The van der Waals surface area contributed by atoms with Crippen LogP contribution in [0.3, 0.4) is 0 Å². The molecule has 12 heteroatoms. The highest BCUT2D eigenvalue weighted by Gasteiger charge is 2.49. The van der Waals surface area contributed by atoms with Gasteiger partial charge in [-0.1, -0.05) is 12.1 Å². The number of carbonyl (C=O) groups is 3. The van der Waals surface area contributed by atoms with Crippen molar-refractivity contribution >= 4 is 17.6 Å². The van der Waals surface area contributed by atoms with Crippen LogP contribution in [0.1, 0.15) is 60.0 Å². The highest BCUT2D eigenvalue weighted by Crippen LogP contribution is 2.39. The Morgan fingerprint density at radius 1 is 0.660 bits per heavy atom. The summed E-state index contributed by atoms with van der Waals surface area (Å²) in [6.07, 6.45) is 6.60. The van der Waals surface area contributed by atoms with Gasteiger partial charge in [0.25, 0.3) is 11.7 Å². The molecule has 2 aliphatic rings. The molecule has 3 aromatic rings. The minimum absolute atomic E-state index is 0.102. The van der Waals surface area contributed by atoms with Gasteiger partial charge in [0.2, 0.25) is 11.7 Å². The predicted molar refractivity (Wildman–Crippen MR) is 199 cm³/mol. The summed E-state index contributed by atoms with van der Waals surface area (Å²) in [6, 6.07) is 14.0. The van der Waals surface area contributed by atoms with E-state index < -0.39 is 17.7 Å². The fraction of sp³-hybridized carbons (Fsp3) is 0.488. The van der Waals surface area contributed by atoms with Gasteiger partial charge in [-0.25, -0.2) is 0 Å². The molecule has 0 N–H and O–H groups in total. The predicted octanol–water partition coefficient (Wildman–Crippen LogP) is 5.79. The molecule has 0 saturated carbocycles. The molecule has 2 atom stereocenters. The molecular formula is C41H52N2O10. The van der Waals surface area contributed by atoms with Crippen molar-refractivity contribution < 1.29 is 47.5 Å². The maximum Gasteiger partial charge on any atom is 0.295 e.